The van der Waals surface area contributed by atoms with Crippen LogP contribution in [0.4, 0.5) is 0 Å². The van der Waals surface area contributed by atoms with Crippen LogP contribution in [-0.2, 0) is 22.6 Å². The first kappa shape index (κ1) is 15.5. The van der Waals surface area contributed by atoms with Gasteiger partial charge in [-0.1, -0.05) is 25.1 Å². The molecule has 1 heterocycles. The first-order chi connectivity index (χ1) is 10.1. The van der Waals surface area contributed by atoms with Crippen molar-refractivity contribution in [3.63, 3.8) is 0 Å². The number of carbonyl (C=O) groups is 1. The van der Waals surface area contributed by atoms with E-state index in [0.717, 1.165) is 18.6 Å². The molecule has 1 amide bonds. The molecule has 0 aliphatic rings. The Morgan fingerprint density at radius 3 is 2.95 bits per heavy atom. The first-order valence-electron chi connectivity index (χ1n) is 7.19. The topological polar surface area (TPSA) is 69.3 Å². The van der Waals surface area contributed by atoms with Gasteiger partial charge in [0.15, 0.2) is 0 Å². The van der Waals surface area contributed by atoms with Crippen molar-refractivity contribution >= 4 is 16.8 Å². The fraction of sp³-hybridized carbons (Fsp3) is 0.438. The van der Waals surface area contributed by atoms with Crippen LogP contribution in [0.25, 0.3) is 10.9 Å². The third kappa shape index (κ3) is 3.83. The van der Waals surface area contributed by atoms with E-state index in [4.69, 9.17) is 10.5 Å². The maximum Gasteiger partial charge on any atom is 0.222 e. The maximum absolute atomic E-state index is 11.3. The van der Waals surface area contributed by atoms with Gasteiger partial charge in [-0.15, -0.1) is 0 Å². The van der Waals surface area contributed by atoms with Crippen molar-refractivity contribution < 1.29 is 9.53 Å². The molecule has 1 aromatic heterocycles. The zero-order valence-electron chi connectivity index (χ0n) is 12.6. The van der Waals surface area contributed by atoms with E-state index in [1.807, 2.05) is 13.1 Å². The van der Waals surface area contributed by atoms with E-state index in [1.54, 1.807) is 7.11 Å². The summed E-state index contributed by atoms with van der Waals surface area (Å²) in [5, 5.41) is 4.54. The molecule has 2 rings (SSSR count). The van der Waals surface area contributed by atoms with Gasteiger partial charge in [0.05, 0.1) is 18.0 Å². The minimum Gasteiger partial charge on any atom is -0.383 e. The summed E-state index contributed by atoms with van der Waals surface area (Å²) in [7, 11) is 1.69. The van der Waals surface area contributed by atoms with E-state index in [-0.39, 0.29) is 11.8 Å². The largest absolute Gasteiger partial charge is 0.383 e. The Morgan fingerprint density at radius 1 is 1.43 bits per heavy atom. The van der Waals surface area contributed by atoms with Gasteiger partial charge in [0.25, 0.3) is 0 Å². The molecule has 1 unspecified atom stereocenters. The van der Waals surface area contributed by atoms with Crippen LogP contribution in [0, 0.1) is 5.92 Å². The molecule has 114 valence electrons. The second-order valence-corrected chi connectivity index (χ2v) is 5.30. The van der Waals surface area contributed by atoms with Gasteiger partial charge in [0.1, 0.15) is 0 Å². The number of ether oxygens (including phenoxy) is 1. The van der Waals surface area contributed by atoms with Crippen molar-refractivity contribution in [1.82, 2.24) is 9.88 Å². The number of aromatic nitrogens is 1. The molecular weight excluding hydrogens is 266 g/mol. The summed E-state index contributed by atoms with van der Waals surface area (Å²) in [6.07, 6.45) is 2.02. The van der Waals surface area contributed by atoms with Crippen molar-refractivity contribution in [1.29, 1.82) is 0 Å². The number of primary amides is 1. The number of hydrogen-bond donors (Lipinski definition) is 2. The zero-order valence-corrected chi connectivity index (χ0v) is 12.6. The van der Waals surface area contributed by atoms with Crippen LogP contribution in [0.3, 0.4) is 0 Å². The van der Waals surface area contributed by atoms with E-state index in [9.17, 15) is 4.79 Å². The van der Waals surface area contributed by atoms with Crippen molar-refractivity contribution in [2.75, 3.05) is 20.3 Å². The molecule has 0 radical (unpaired) electrons. The summed E-state index contributed by atoms with van der Waals surface area (Å²) in [5.74, 6) is -0.456. The number of amides is 1. The number of para-hydroxylation sites is 1. The Kier molecular flexibility index (Phi) is 5.36. The average Bonchev–Trinajstić information content (AvgIpc) is 2.87. The van der Waals surface area contributed by atoms with Gasteiger partial charge in [-0.05, 0) is 17.0 Å². The van der Waals surface area contributed by atoms with Gasteiger partial charge < -0.3 is 20.4 Å². The van der Waals surface area contributed by atoms with Crippen LogP contribution in [0.5, 0.6) is 0 Å². The normalized spacial score (nSPS) is 12.7. The lowest BCUT2D eigenvalue weighted by Gasteiger charge is -2.13. The molecule has 0 bridgehead atoms. The standard InChI is InChI=1S/C16H23N3O2/c1-12(16(17)20)11-19-8-6-13-4-3-5-14(15(13)19)10-18-7-9-21-2/h3-6,8,12,18H,7,9-11H2,1-2H3,(H2,17,20). The predicted molar refractivity (Wildman–Crippen MR) is 83.9 cm³/mol. The molecule has 5 heteroatoms. The van der Waals surface area contributed by atoms with Crippen molar-refractivity contribution in [3.05, 3.63) is 36.0 Å². The van der Waals surface area contributed by atoms with E-state index in [0.29, 0.717) is 13.2 Å². The number of methoxy groups -OCH3 is 1. The van der Waals surface area contributed by atoms with Gasteiger partial charge in [0.2, 0.25) is 5.91 Å². The molecular formula is C16H23N3O2. The zero-order chi connectivity index (χ0) is 15.2. The maximum atomic E-state index is 11.3. The van der Waals surface area contributed by atoms with Gasteiger partial charge in [-0.2, -0.15) is 0 Å². The molecule has 0 saturated carbocycles. The minimum absolute atomic E-state index is 0.185. The van der Waals surface area contributed by atoms with Crippen LogP contribution < -0.4 is 11.1 Å². The number of nitrogens with two attached hydrogens (primary N) is 1. The lowest BCUT2D eigenvalue weighted by molar-refractivity contribution is -0.121. The number of benzene rings is 1. The highest BCUT2D eigenvalue weighted by molar-refractivity contribution is 5.84. The Labute approximate surface area is 125 Å². The van der Waals surface area contributed by atoms with E-state index in [1.165, 1.54) is 10.9 Å². The number of fused-ring (bicyclic) bond motifs is 1. The molecule has 0 aliphatic heterocycles. The van der Waals surface area contributed by atoms with Gasteiger partial charge >= 0.3 is 0 Å². The summed E-state index contributed by atoms with van der Waals surface area (Å²) >= 11 is 0. The number of carbonyl (C=O) groups excluding carboxylic acids is 1. The Bertz CT molecular complexity index is 607. The Morgan fingerprint density at radius 2 is 2.24 bits per heavy atom. The number of hydrogen-bond acceptors (Lipinski definition) is 3. The molecule has 0 aliphatic carbocycles. The monoisotopic (exact) mass is 289 g/mol. The smallest absolute Gasteiger partial charge is 0.222 e. The molecule has 0 saturated heterocycles. The van der Waals surface area contributed by atoms with Crippen molar-refractivity contribution in [2.45, 2.75) is 20.0 Å². The highest BCUT2D eigenvalue weighted by atomic mass is 16.5. The lowest BCUT2D eigenvalue weighted by atomic mass is 10.1. The molecule has 21 heavy (non-hydrogen) atoms. The third-order valence-corrected chi connectivity index (χ3v) is 3.63. The van der Waals surface area contributed by atoms with Crippen LogP contribution in [0.15, 0.2) is 30.5 Å². The first-order valence-corrected chi connectivity index (χ1v) is 7.19. The SMILES string of the molecule is COCCNCc1cccc2ccn(CC(C)C(N)=O)c12. The second kappa shape index (κ2) is 7.24. The number of rotatable bonds is 8. The van der Waals surface area contributed by atoms with E-state index >= 15 is 0 Å². The predicted octanol–water partition coefficient (Wildman–Crippen LogP) is 1.50. The van der Waals surface area contributed by atoms with Gasteiger partial charge in [-0.25, -0.2) is 0 Å². The van der Waals surface area contributed by atoms with Gasteiger partial charge in [-0.3, -0.25) is 4.79 Å². The molecule has 0 spiro atoms. The van der Waals surface area contributed by atoms with Crippen LogP contribution in [0.1, 0.15) is 12.5 Å². The summed E-state index contributed by atoms with van der Waals surface area (Å²) in [4.78, 5) is 11.3. The van der Waals surface area contributed by atoms with E-state index in [2.05, 4.69) is 34.1 Å². The van der Waals surface area contributed by atoms with Crippen LogP contribution in [-0.4, -0.2) is 30.7 Å². The summed E-state index contributed by atoms with van der Waals surface area (Å²) in [6.45, 7) is 4.73. The van der Waals surface area contributed by atoms with Gasteiger partial charge in [0, 0.05) is 32.9 Å². The Hall–Kier alpha value is -1.85. The second-order valence-electron chi connectivity index (χ2n) is 5.30. The summed E-state index contributed by atoms with van der Waals surface area (Å²) in [5.41, 5.74) is 7.75. The van der Waals surface area contributed by atoms with Crippen molar-refractivity contribution in [3.8, 4) is 0 Å². The number of nitrogens with one attached hydrogen (secondary N) is 1. The highest BCUT2D eigenvalue weighted by Crippen LogP contribution is 2.21. The quantitative estimate of drug-likeness (QED) is 0.724. The fourth-order valence-electron chi connectivity index (χ4n) is 2.42. The van der Waals surface area contributed by atoms with E-state index < -0.39 is 0 Å². The average molecular weight is 289 g/mol. The fourth-order valence-corrected chi connectivity index (χ4v) is 2.42. The summed E-state index contributed by atoms with van der Waals surface area (Å²) < 4.78 is 7.15. The van der Waals surface area contributed by atoms with Crippen molar-refractivity contribution in [2.24, 2.45) is 11.7 Å². The summed E-state index contributed by atoms with van der Waals surface area (Å²) in [6, 6.07) is 8.31. The molecule has 1 aromatic carbocycles. The third-order valence-electron chi connectivity index (χ3n) is 3.63. The molecule has 3 N–H and O–H groups in total. The Balaban J connectivity index is 2.20. The van der Waals surface area contributed by atoms with Crippen LogP contribution >= 0.6 is 0 Å². The molecule has 0 fully saturated rings. The number of nitrogens with zero attached hydrogens (tertiary/aromatic N) is 1. The highest BCUT2D eigenvalue weighted by Gasteiger charge is 2.12. The molecule has 2 aromatic rings. The lowest BCUT2D eigenvalue weighted by Crippen LogP contribution is -2.24. The molecule has 1 atom stereocenters. The van der Waals surface area contributed by atoms with Crippen LogP contribution in [0.2, 0.25) is 0 Å². The minimum atomic E-state index is -0.271. The molecule has 5 nitrogen and oxygen atoms in total.